The summed E-state index contributed by atoms with van der Waals surface area (Å²) in [7, 11) is 0. The zero-order valence-electron chi connectivity index (χ0n) is 24.8. The van der Waals surface area contributed by atoms with Crippen LogP contribution in [-0.2, 0) is 20.1 Å². The van der Waals surface area contributed by atoms with Gasteiger partial charge in [0.15, 0.2) is 0 Å². The van der Waals surface area contributed by atoms with Gasteiger partial charge in [0.2, 0.25) is 0 Å². The average molecular weight is 738 g/mol. The van der Waals surface area contributed by atoms with Gasteiger partial charge in [-0.1, -0.05) is 90.3 Å². The molecule has 0 bridgehead atoms. The molecule has 0 N–H and O–H groups in total. The van der Waals surface area contributed by atoms with E-state index in [1.54, 1.807) is 6.26 Å². The zero-order chi connectivity index (χ0) is 29.2. The topological polar surface area (TPSA) is 51.8 Å². The minimum atomic E-state index is 0. The first-order valence-electron chi connectivity index (χ1n) is 14.0. The Kier molecular flexibility index (Phi) is 8.96. The molecule has 3 aromatic carbocycles. The molecule has 0 unspecified atom stereocenters. The first-order chi connectivity index (χ1) is 20.4. The summed E-state index contributed by atoms with van der Waals surface area (Å²) in [6.07, 6.45) is 7.30. The molecule has 0 saturated heterocycles. The molecule has 7 aromatic rings. The van der Waals surface area contributed by atoms with Gasteiger partial charge in [0.25, 0.3) is 0 Å². The quantitative estimate of drug-likeness (QED) is 0.170. The van der Waals surface area contributed by atoms with Gasteiger partial charge in [-0.2, -0.15) is 0 Å². The van der Waals surface area contributed by atoms with Crippen molar-refractivity contribution in [3.63, 3.8) is 0 Å². The summed E-state index contributed by atoms with van der Waals surface area (Å²) >= 11 is 0. The van der Waals surface area contributed by atoms with E-state index in [2.05, 4.69) is 86.2 Å². The summed E-state index contributed by atoms with van der Waals surface area (Å²) in [6.45, 7) is 10.5. The number of hydrogen-bond donors (Lipinski definition) is 0. The maximum absolute atomic E-state index is 5.66. The van der Waals surface area contributed by atoms with Crippen LogP contribution in [0.2, 0.25) is 0 Å². The molecule has 0 aliphatic carbocycles. The normalized spacial score (nSPS) is 10.7. The summed E-state index contributed by atoms with van der Waals surface area (Å²) in [5.74, 6) is 0. The molecule has 4 nitrogen and oxygen atoms in total. The minimum absolute atomic E-state index is 0. The van der Waals surface area contributed by atoms with Gasteiger partial charge in [-0.3, -0.25) is 9.97 Å². The fraction of sp³-hybridized carbons (Fsp3) is 0.132. The van der Waals surface area contributed by atoms with E-state index in [9.17, 15) is 0 Å². The molecule has 5 heteroatoms. The number of nitrogens with zero attached hydrogens (tertiary/aromatic N) is 3. The summed E-state index contributed by atoms with van der Waals surface area (Å²) in [5, 5.41) is 1.91. The third kappa shape index (κ3) is 6.19. The number of pyridine rings is 3. The Labute approximate surface area is 266 Å². The van der Waals surface area contributed by atoms with E-state index in [0.717, 1.165) is 61.1 Å². The molecule has 0 amide bonds. The van der Waals surface area contributed by atoms with Crippen molar-refractivity contribution in [3.05, 3.63) is 138 Å². The molecular weight excluding hydrogens is 707 g/mol. The second kappa shape index (κ2) is 12.8. The molecule has 215 valence electrons. The molecule has 0 atom stereocenters. The third-order valence-corrected chi connectivity index (χ3v) is 7.64. The van der Waals surface area contributed by atoms with Crippen molar-refractivity contribution in [2.24, 2.45) is 0 Å². The van der Waals surface area contributed by atoms with Crippen molar-refractivity contribution in [2.45, 2.75) is 34.6 Å². The van der Waals surface area contributed by atoms with Crippen LogP contribution in [0.3, 0.4) is 0 Å². The third-order valence-electron chi connectivity index (χ3n) is 7.64. The Morgan fingerprint density at radius 1 is 0.721 bits per heavy atom. The Hall–Kier alpha value is -4.44. The Morgan fingerprint density at radius 3 is 2.28 bits per heavy atom. The number of hydrogen-bond acceptors (Lipinski definition) is 4. The Bertz CT molecular complexity index is 2000. The smallest absolute Gasteiger partial charge is 0.0847 e. The standard InChI is InChI=1S/C23H15N2O.C15H16N.Ir/c1-15-12-19-20(13-17-9-11-26-23(17)22(19)25-14-15)21-18(8-5-10-24-21)16-6-3-2-4-7-16;1-10-5-6-14(7-11(10)2)15-8-12(3)13(4)9-16-15;/h2-12,14H,1H3;5,7-9H,1-4H3;/q2*-1;. The molecule has 1 radical (unpaired) electrons. The second-order valence-electron chi connectivity index (χ2n) is 10.7. The van der Waals surface area contributed by atoms with Crippen molar-refractivity contribution in [1.82, 2.24) is 15.0 Å². The van der Waals surface area contributed by atoms with Crippen molar-refractivity contribution in [1.29, 1.82) is 0 Å². The zero-order valence-corrected chi connectivity index (χ0v) is 27.2. The van der Waals surface area contributed by atoms with Gasteiger partial charge in [-0.25, -0.2) is 0 Å². The first kappa shape index (κ1) is 30.0. The van der Waals surface area contributed by atoms with Gasteiger partial charge in [0.1, 0.15) is 0 Å². The van der Waals surface area contributed by atoms with Gasteiger partial charge in [-0.05, 0) is 54.8 Å². The van der Waals surface area contributed by atoms with Crippen LogP contribution in [-0.4, -0.2) is 15.0 Å². The van der Waals surface area contributed by atoms with Crippen LogP contribution in [0.5, 0.6) is 0 Å². The molecule has 4 heterocycles. The summed E-state index contributed by atoms with van der Waals surface area (Å²) in [6, 6.07) is 31.5. The van der Waals surface area contributed by atoms with Gasteiger partial charge in [0.05, 0.1) is 5.58 Å². The number of fused-ring (bicyclic) bond motifs is 3. The average Bonchev–Trinajstić information content (AvgIpc) is 3.49. The van der Waals surface area contributed by atoms with E-state index >= 15 is 0 Å². The molecule has 0 saturated carbocycles. The summed E-state index contributed by atoms with van der Waals surface area (Å²) in [5.41, 5.74) is 13.9. The van der Waals surface area contributed by atoms with E-state index in [1.165, 1.54) is 22.3 Å². The summed E-state index contributed by atoms with van der Waals surface area (Å²) < 4.78 is 5.66. The van der Waals surface area contributed by atoms with E-state index in [-0.39, 0.29) is 20.1 Å². The van der Waals surface area contributed by atoms with Crippen LogP contribution < -0.4 is 0 Å². The molecule has 0 aliphatic heterocycles. The number of rotatable bonds is 3. The van der Waals surface area contributed by atoms with Crippen LogP contribution in [0.4, 0.5) is 0 Å². The second-order valence-corrected chi connectivity index (χ2v) is 10.7. The number of benzene rings is 3. The first-order valence-corrected chi connectivity index (χ1v) is 14.0. The predicted octanol–water partition coefficient (Wildman–Crippen LogP) is 9.60. The molecule has 43 heavy (non-hydrogen) atoms. The van der Waals surface area contributed by atoms with Gasteiger partial charge < -0.3 is 9.40 Å². The fourth-order valence-corrected chi connectivity index (χ4v) is 4.97. The molecule has 0 aliphatic rings. The van der Waals surface area contributed by atoms with Gasteiger partial charge in [0, 0.05) is 56.2 Å². The van der Waals surface area contributed by atoms with Crippen molar-refractivity contribution in [3.8, 4) is 33.6 Å². The Morgan fingerprint density at radius 2 is 1.51 bits per heavy atom. The maximum Gasteiger partial charge on any atom is 0.0847 e. The molecule has 7 rings (SSSR count). The largest absolute Gasteiger partial charge is 0.506 e. The fourth-order valence-electron chi connectivity index (χ4n) is 4.97. The van der Waals surface area contributed by atoms with Gasteiger partial charge in [-0.15, -0.1) is 41.0 Å². The van der Waals surface area contributed by atoms with Gasteiger partial charge >= 0.3 is 0 Å². The van der Waals surface area contributed by atoms with Crippen molar-refractivity contribution < 1.29 is 24.5 Å². The van der Waals surface area contributed by atoms with Crippen LogP contribution in [0.1, 0.15) is 27.8 Å². The van der Waals surface area contributed by atoms with Crippen LogP contribution in [0.25, 0.3) is 55.5 Å². The number of furan rings is 1. The van der Waals surface area contributed by atoms with E-state index < -0.39 is 0 Å². The molecule has 0 spiro atoms. The van der Waals surface area contributed by atoms with Crippen LogP contribution >= 0.6 is 0 Å². The minimum Gasteiger partial charge on any atom is -0.506 e. The van der Waals surface area contributed by atoms with Crippen molar-refractivity contribution >= 4 is 21.9 Å². The van der Waals surface area contributed by atoms with Crippen molar-refractivity contribution in [2.75, 3.05) is 0 Å². The van der Waals surface area contributed by atoms with E-state index in [4.69, 9.17) is 9.40 Å². The molecule has 0 fully saturated rings. The number of aryl methyl sites for hydroxylation is 5. The van der Waals surface area contributed by atoms with E-state index in [0.29, 0.717) is 0 Å². The summed E-state index contributed by atoms with van der Waals surface area (Å²) in [4.78, 5) is 13.8. The van der Waals surface area contributed by atoms with Crippen LogP contribution in [0, 0.1) is 46.8 Å². The molecular formula is C38H31IrN3O-2. The predicted molar refractivity (Wildman–Crippen MR) is 171 cm³/mol. The van der Waals surface area contributed by atoms with E-state index in [1.807, 2.05) is 61.9 Å². The number of aromatic nitrogens is 3. The molecule has 4 aromatic heterocycles. The monoisotopic (exact) mass is 738 g/mol. The maximum atomic E-state index is 5.66. The van der Waals surface area contributed by atoms with Crippen LogP contribution in [0.15, 0.2) is 102 Å². The Balaban J connectivity index is 0.000000188. The SMILES string of the molecule is Cc1c[c-]c(-c2cc(C)c(C)cn2)cc1C.Cc1cnc2c(c1)c(-c1ncccc1-c1ccccc1)[c-]c1ccoc12.[Ir].